The van der Waals surface area contributed by atoms with Crippen LogP contribution in [0.4, 0.5) is 0 Å². The van der Waals surface area contributed by atoms with Crippen molar-refractivity contribution in [3.05, 3.63) is 71.9 Å². The minimum atomic E-state index is 0.121. The first kappa shape index (κ1) is 21.4. The molecule has 156 valence electrons. The number of nitrogens with zero attached hydrogens (tertiary/aromatic N) is 3. The molecule has 3 rings (SSSR count). The fourth-order valence-corrected chi connectivity index (χ4v) is 3.63. The fourth-order valence-electron chi connectivity index (χ4n) is 3.63. The number of nitrogens with one attached hydrogen (secondary N) is 3. The topological polar surface area (TPSA) is 79.2 Å². The van der Waals surface area contributed by atoms with Gasteiger partial charge in [-0.3, -0.25) is 0 Å². The molecular weight excluding hydrogens is 372 g/mol. The van der Waals surface area contributed by atoms with E-state index in [2.05, 4.69) is 95.2 Å². The van der Waals surface area contributed by atoms with Gasteiger partial charge in [-0.15, -0.1) is 4.99 Å². The van der Waals surface area contributed by atoms with Crippen molar-refractivity contribution in [2.75, 3.05) is 20.6 Å². The molecule has 0 saturated carbocycles. The van der Waals surface area contributed by atoms with Gasteiger partial charge < -0.3 is 20.5 Å². The molecule has 0 aliphatic carbocycles. The van der Waals surface area contributed by atoms with Crippen molar-refractivity contribution in [2.45, 2.75) is 31.8 Å². The summed E-state index contributed by atoms with van der Waals surface area (Å²) in [6.07, 6.45) is 5.72. The second-order valence-electron chi connectivity index (χ2n) is 7.86. The molecule has 0 spiro atoms. The highest BCUT2D eigenvalue weighted by molar-refractivity contribution is 5.83. The first-order valence-corrected chi connectivity index (χ1v) is 10.3. The van der Waals surface area contributed by atoms with E-state index in [0.717, 1.165) is 18.4 Å². The molecule has 0 bridgehead atoms. The van der Waals surface area contributed by atoms with Crippen molar-refractivity contribution in [1.29, 1.82) is 5.26 Å². The van der Waals surface area contributed by atoms with Crippen molar-refractivity contribution >= 4 is 16.9 Å². The van der Waals surface area contributed by atoms with Crippen LogP contribution in [0.3, 0.4) is 0 Å². The number of fused-ring (bicyclic) bond motifs is 1. The third-order valence-corrected chi connectivity index (χ3v) is 5.30. The molecular formula is C24H30N6. The van der Waals surface area contributed by atoms with Gasteiger partial charge in [-0.2, -0.15) is 5.26 Å². The zero-order valence-electron chi connectivity index (χ0n) is 17.9. The lowest BCUT2D eigenvalue weighted by Gasteiger charge is -2.26. The summed E-state index contributed by atoms with van der Waals surface area (Å²) in [6, 6.07) is 19.1. The minimum Gasteiger partial charge on any atom is -0.361 e. The predicted molar refractivity (Wildman–Crippen MR) is 123 cm³/mol. The number of guanidine groups is 1. The Morgan fingerprint density at radius 2 is 1.83 bits per heavy atom. The Morgan fingerprint density at radius 3 is 2.57 bits per heavy atom. The summed E-state index contributed by atoms with van der Waals surface area (Å²) >= 11 is 0. The van der Waals surface area contributed by atoms with Gasteiger partial charge in [-0.1, -0.05) is 48.5 Å². The van der Waals surface area contributed by atoms with Crippen LogP contribution in [0.25, 0.3) is 10.9 Å². The number of nitriles is 1. The van der Waals surface area contributed by atoms with Crippen molar-refractivity contribution < 1.29 is 0 Å². The Morgan fingerprint density at radius 1 is 1.10 bits per heavy atom. The van der Waals surface area contributed by atoms with Gasteiger partial charge in [0.2, 0.25) is 12.2 Å². The minimum absolute atomic E-state index is 0.121. The van der Waals surface area contributed by atoms with Gasteiger partial charge in [0.25, 0.3) is 0 Å². The Labute approximate surface area is 178 Å². The van der Waals surface area contributed by atoms with E-state index < -0.39 is 0 Å². The maximum absolute atomic E-state index is 9.12. The van der Waals surface area contributed by atoms with E-state index in [1.165, 1.54) is 16.5 Å². The molecule has 1 heterocycles. The molecule has 0 aliphatic heterocycles. The molecule has 0 amide bonds. The number of likely N-dealkylation sites (N-methyl/N-ethyl adjacent to an activating group) is 1. The monoisotopic (exact) mass is 402 g/mol. The third kappa shape index (κ3) is 5.85. The lowest BCUT2D eigenvalue weighted by atomic mass is 10.1. The van der Waals surface area contributed by atoms with Crippen LogP contribution < -0.4 is 10.6 Å². The van der Waals surface area contributed by atoms with E-state index in [4.69, 9.17) is 5.26 Å². The summed E-state index contributed by atoms with van der Waals surface area (Å²) in [5.74, 6) is 0.518. The first-order valence-electron chi connectivity index (χ1n) is 10.3. The molecule has 0 aliphatic rings. The van der Waals surface area contributed by atoms with Crippen LogP contribution in [0.5, 0.6) is 0 Å². The quantitative estimate of drug-likeness (QED) is 0.307. The lowest BCUT2D eigenvalue weighted by molar-refractivity contribution is 0.290. The fraction of sp³-hybridized carbons (Fsp3) is 0.333. The first-order chi connectivity index (χ1) is 14.6. The Hall–Kier alpha value is -3.30. The highest BCUT2D eigenvalue weighted by atomic mass is 15.2. The maximum Gasteiger partial charge on any atom is 0.209 e. The van der Waals surface area contributed by atoms with Crippen LogP contribution >= 0.6 is 0 Å². The van der Waals surface area contributed by atoms with Gasteiger partial charge in [-0.05, 0) is 51.1 Å². The summed E-state index contributed by atoms with van der Waals surface area (Å²) in [6.45, 7) is 2.79. The van der Waals surface area contributed by atoms with Crippen LogP contribution in [-0.4, -0.2) is 48.6 Å². The number of hydrogen-bond donors (Lipinski definition) is 3. The maximum atomic E-state index is 9.12. The second-order valence-corrected chi connectivity index (χ2v) is 7.86. The second kappa shape index (κ2) is 10.5. The molecule has 0 saturated heterocycles. The number of aromatic amines is 1. The van der Waals surface area contributed by atoms with Crippen LogP contribution in [0, 0.1) is 11.5 Å². The number of benzene rings is 2. The molecule has 0 radical (unpaired) electrons. The largest absolute Gasteiger partial charge is 0.361 e. The number of para-hydroxylation sites is 1. The molecule has 6 heteroatoms. The van der Waals surface area contributed by atoms with Gasteiger partial charge in [0, 0.05) is 35.7 Å². The number of hydrogen-bond acceptors (Lipinski definition) is 3. The van der Waals surface area contributed by atoms with Crippen LogP contribution in [0.1, 0.15) is 18.1 Å². The van der Waals surface area contributed by atoms with E-state index in [1.54, 1.807) is 0 Å². The Kier molecular flexibility index (Phi) is 7.47. The van der Waals surface area contributed by atoms with E-state index in [1.807, 2.05) is 18.3 Å². The van der Waals surface area contributed by atoms with Crippen LogP contribution in [-0.2, 0) is 12.8 Å². The lowest BCUT2D eigenvalue weighted by Crippen LogP contribution is -2.48. The van der Waals surface area contributed by atoms with Gasteiger partial charge in [0.15, 0.2) is 0 Å². The van der Waals surface area contributed by atoms with Crippen molar-refractivity contribution in [1.82, 2.24) is 20.5 Å². The van der Waals surface area contributed by atoms with E-state index in [0.29, 0.717) is 12.5 Å². The normalized spacial score (nSPS) is 13.8. The third-order valence-electron chi connectivity index (χ3n) is 5.30. The molecule has 3 aromatic rings. The van der Waals surface area contributed by atoms with Crippen molar-refractivity contribution in [3.8, 4) is 6.19 Å². The SMILES string of the molecule is CC(Cc1c[nH]c2ccccc12)N/C(=N\C#N)NC[C@H](Cc1ccccc1)N(C)C. The highest BCUT2D eigenvalue weighted by Crippen LogP contribution is 2.19. The number of aliphatic imine (C=N–C) groups is 1. The highest BCUT2D eigenvalue weighted by Gasteiger charge is 2.15. The number of H-pyrrole nitrogens is 1. The zero-order chi connectivity index (χ0) is 21.3. The molecule has 3 N–H and O–H groups in total. The average molecular weight is 403 g/mol. The van der Waals surface area contributed by atoms with Gasteiger partial charge in [0.1, 0.15) is 0 Å². The molecule has 30 heavy (non-hydrogen) atoms. The van der Waals surface area contributed by atoms with Gasteiger partial charge in [-0.25, -0.2) is 0 Å². The summed E-state index contributed by atoms with van der Waals surface area (Å²) < 4.78 is 0. The van der Waals surface area contributed by atoms with Crippen LogP contribution in [0.2, 0.25) is 0 Å². The average Bonchev–Trinajstić information content (AvgIpc) is 3.14. The van der Waals surface area contributed by atoms with Crippen LogP contribution in [0.15, 0.2) is 65.8 Å². The van der Waals surface area contributed by atoms with Gasteiger partial charge in [0.05, 0.1) is 0 Å². The van der Waals surface area contributed by atoms with Crippen molar-refractivity contribution in [3.63, 3.8) is 0 Å². The molecule has 1 unspecified atom stereocenters. The zero-order valence-corrected chi connectivity index (χ0v) is 17.9. The van der Waals surface area contributed by atoms with Crippen molar-refractivity contribution in [2.24, 2.45) is 4.99 Å². The summed E-state index contributed by atoms with van der Waals surface area (Å²) in [4.78, 5) is 9.48. The molecule has 2 aromatic carbocycles. The number of aromatic nitrogens is 1. The van der Waals surface area contributed by atoms with E-state index >= 15 is 0 Å². The summed E-state index contributed by atoms with van der Waals surface area (Å²) in [7, 11) is 4.15. The molecule has 1 aromatic heterocycles. The summed E-state index contributed by atoms with van der Waals surface area (Å²) in [5.41, 5.74) is 3.67. The molecule has 6 nitrogen and oxygen atoms in total. The molecule has 0 fully saturated rings. The number of rotatable bonds is 8. The van der Waals surface area contributed by atoms with E-state index in [-0.39, 0.29) is 12.1 Å². The standard InChI is InChI=1S/C24H30N6/c1-18(13-20-15-26-23-12-8-7-11-22(20)23)29-24(28-17-25)27-16-21(30(2)3)14-19-9-5-4-6-10-19/h4-12,15,18,21,26H,13-14,16H2,1-3H3,(H2,27,28,29)/t18?,21-/m0/s1. The summed E-state index contributed by atoms with van der Waals surface area (Å²) in [5, 5.41) is 17.1. The smallest absolute Gasteiger partial charge is 0.209 e. The van der Waals surface area contributed by atoms with E-state index in [9.17, 15) is 0 Å². The molecule has 2 atom stereocenters. The predicted octanol–water partition coefficient (Wildman–Crippen LogP) is 3.29. The Balaban J connectivity index is 1.59. The Bertz CT molecular complexity index is 999. The van der Waals surface area contributed by atoms with Gasteiger partial charge >= 0.3 is 0 Å².